The summed E-state index contributed by atoms with van der Waals surface area (Å²) in [6.45, 7) is 1.77. The largest absolute Gasteiger partial charge is 0.497 e. The van der Waals surface area contributed by atoms with E-state index < -0.39 is 10.0 Å². The van der Waals surface area contributed by atoms with Crippen LogP contribution in [0.4, 0.5) is 10.5 Å². The highest BCUT2D eigenvalue weighted by atomic mass is 32.2. The standard InChI is InChI=1S/C20H25N3O4S/c1-22(15-16-5-9-18(27-2)10-6-16)28(25,26)19-11-7-17(8-12-19)21-20(24)23-13-3-4-14-23/h5-12H,3-4,13-15H2,1-2H3,(H,21,24). The summed E-state index contributed by atoms with van der Waals surface area (Å²) in [5.41, 5.74) is 1.44. The van der Waals surface area contributed by atoms with Gasteiger partial charge in [0.15, 0.2) is 0 Å². The molecular formula is C20H25N3O4S. The van der Waals surface area contributed by atoms with E-state index in [1.807, 2.05) is 12.1 Å². The number of urea groups is 1. The van der Waals surface area contributed by atoms with Crippen molar-refractivity contribution >= 4 is 21.7 Å². The minimum atomic E-state index is -3.63. The van der Waals surface area contributed by atoms with Gasteiger partial charge >= 0.3 is 6.03 Å². The Hall–Kier alpha value is -2.58. The summed E-state index contributed by atoms with van der Waals surface area (Å²) in [6, 6.07) is 13.4. The molecule has 1 N–H and O–H groups in total. The molecule has 0 aliphatic carbocycles. The van der Waals surface area contributed by atoms with E-state index >= 15 is 0 Å². The van der Waals surface area contributed by atoms with Gasteiger partial charge in [-0.1, -0.05) is 12.1 Å². The van der Waals surface area contributed by atoms with Gasteiger partial charge in [0.1, 0.15) is 5.75 Å². The van der Waals surface area contributed by atoms with Gasteiger partial charge in [-0.2, -0.15) is 4.31 Å². The third-order valence-electron chi connectivity index (χ3n) is 4.77. The van der Waals surface area contributed by atoms with Crippen molar-refractivity contribution < 1.29 is 17.9 Å². The number of carbonyl (C=O) groups excluding carboxylic acids is 1. The highest BCUT2D eigenvalue weighted by Crippen LogP contribution is 2.21. The Morgan fingerprint density at radius 3 is 2.25 bits per heavy atom. The van der Waals surface area contributed by atoms with Crippen molar-refractivity contribution in [1.29, 1.82) is 0 Å². The van der Waals surface area contributed by atoms with E-state index in [0.717, 1.165) is 37.2 Å². The Balaban J connectivity index is 1.65. The van der Waals surface area contributed by atoms with Crippen LogP contribution >= 0.6 is 0 Å². The summed E-state index contributed by atoms with van der Waals surface area (Å²) in [5.74, 6) is 0.723. The monoisotopic (exact) mass is 403 g/mol. The molecule has 0 saturated carbocycles. The van der Waals surface area contributed by atoms with Crippen molar-refractivity contribution in [3.8, 4) is 5.75 Å². The van der Waals surface area contributed by atoms with Crippen LogP contribution in [0.15, 0.2) is 53.4 Å². The number of amides is 2. The van der Waals surface area contributed by atoms with Crippen molar-refractivity contribution in [2.45, 2.75) is 24.3 Å². The molecule has 1 saturated heterocycles. The van der Waals surface area contributed by atoms with Gasteiger partial charge in [-0.05, 0) is 54.8 Å². The van der Waals surface area contributed by atoms with E-state index in [1.54, 1.807) is 43.3 Å². The molecule has 0 radical (unpaired) electrons. The summed E-state index contributed by atoms with van der Waals surface area (Å²) in [6.07, 6.45) is 2.04. The van der Waals surface area contributed by atoms with Crippen LogP contribution < -0.4 is 10.1 Å². The first-order valence-electron chi connectivity index (χ1n) is 9.15. The minimum Gasteiger partial charge on any atom is -0.497 e. The molecule has 8 heteroatoms. The summed E-state index contributed by atoms with van der Waals surface area (Å²) in [7, 11) is -0.504. The van der Waals surface area contributed by atoms with E-state index in [-0.39, 0.29) is 17.5 Å². The van der Waals surface area contributed by atoms with Gasteiger partial charge in [0.05, 0.1) is 12.0 Å². The van der Waals surface area contributed by atoms with Gasteiger partial charge in [0, 0.05) is 32.4 Å². The van der Waals surface area contributed by atoms with Crippen molar-refractivity contribution in [1.82, 2.24) is 9.21 Å². The lowest BCUT2D eigenvalue weighted by Gasteiger charge is -2.18. The Labute approximate surface area is 166 Å². The van der Waals surface area contributed by atoms with Gasteiger partial charge in [0.25, 0.3) is 0 Å². The number of anilines is 1. The number of hydrogen-bond acceptors (Lipinski definition) is 4. The number of ether oxygens (including phenoxy) is 1. The molecule has 1 aliphatic rings. The number of carbonyl (C=O) groups is 1. The highest BCUT2D eigenvalue weighted by molar-refractivity contribution is 7.89. The van der Waals surface area contributed by atoms with E-state index in [2.05, 4.69) is 5.32 Å². The lowest BCUT2D eigenvalue weighted by atomic mass is 10.2. The first-order chi connectivity index (χ1) is 13.4. The molecule has 2 aromatic rings. The van der Waals surface area contributed by atoms with E-state index in [1.165, 1.54) is 16.4 Å². The van der Waals surface area contributed by atoms with Crippen LogP contribution in [0.1, 0.15) is 18.4 Å². The molecule has 0 spiro atoms. The molecule has 0 aromatic heterocycles. The van der Waals surface area contributed by atoms with Crippen LogP contribution in [0.3, 0.4) is 0 Å². The number of methoxy groups -OCH3 is 1. The van der Waals surface area contributed by atoms with Gasteiger partial charge in [-0.25, -0.2) is 13.2 Å². The lowest BCUT2D eigenvalue weighted by Crippen LogP contribution is -2.32. The van der Waals surface area contributed by atoms with Gasteiger partial charge in [0.2, 0.25) is 10.0 Å². The van der Waals surface area contributed by atoms with Gasteiger partial charge in [-0.15, -0.1) is 0 Å². The van der Waals surface area contributed by atoms with Crippen LogP contribution in [0.2, 0.25) is 0 Å². The maximum Gasteiger partial charge on any atom is 0.321 e. The second kappa shape index (κ2) is 8.62. The first kappa shape index (κ1) is 20.2. The normalized spacial score (nSPS) is 14.3. The first-order valence-corrected chi connectivity index (χ1v) is 10.6. The molecular weight excluding hydrogens is 378 g/mol. The highest BCUT2D eigenvalue weighted by Gasteiger charge is 2.22. The number of hydrogen-bond donors (Lipinski definition) is 1. The molecule has 2 amide bonds. The number of sulfonamides is 1. The molecule has 3 rings (SSSR count). The Morgan fingerprint density at radius 2 is 1.68 bits per heavy atom. The van der Waals surface area contributed by atoms with Gasteiger partial charge < -0.3 is 15.0 Å². The zero-order valence-corrected chi connectivity index (χ0v) is 16.9. The fourth-order valence-corrected chi connectivity index (χ4v) is 4.24. The molecule has 1 aliphatic heterocycles. The van der Waals surface area contributed by atoms with Crippen molar-refractivity contribution in [2.24, 2.45) is 0 Å². The molecule has 0 atom stereocenters. The molecule has 2 aromatic carbocycles. The van der Waals surface area contributed by atoms with E-state index in [9.17, 15) is 13.2 Å². The van der Waals surface area contributed by atoms with Crippen molar-refractivity contribution in [2.75, 3.05) is 32.6 Å². The van der Waals surface area contributed by atoms with Gasteiger partial charge in [-0.3, -0.25) is 0 Å². The molecule has 7 nitrogen and oxygen atoms in total. The Morgan fingerprint density at radius 1 is 1.07 bits per heavy atom. The Bertz CT molecular complexity index is 905. The van der Waals surface area contributed by atoms with Crippen molar-refractivity contribution in [3.05, 3.63) is 54.1 Å². The van der Waals surface area contributed by atoms with Crippen LogP contribution in [0, 0.1) is 0 Å². The summed E-state index contributed by atoms with van der Waals surface area (Å²) >= 11 is 0. The summed E-state index contributed by atoms with van der Waals surface area (Å²) in [4.78, 5) is 14.1. The smallest absolute Gasteiger partial charge is 0.321 e. The predicted molar refractivity (Wildman–Crippen MR) is 108 cm³/mol. The maximum absolute atomic E-state index is 12.8. The quantitative estimate of drug-likeness (QED) is 0.804. The molecule has 0 bridgehead atoms. The fraction of sp³-hybridized carbons (Fsp3) is 0.350. The van der Waals surface area contributed by atoms with Crippen LogP contribution in [0.5, 0.6) is 5.75 Å². The number of nitrogens with zero attached hydrogens (tertiary/aromatic N) is 2. The number of benzene rings is 2. The van der Waals surface area contributed by atoms with E-state index in [0.29, 0.717) is 5.69 Å². The third-order valence-corrected chi connectivity index (χ3v) is 6.59. The van der Waals surface area contributed by atoms with Crippen LogP contribution in [0.25, 0.3) is 0 Å². The lowest BCUT2D eigenvalue weighted by molar-refractivity contribution is 0.222. The zero-order valence-electron chi connectivity index (χ0n) is 16.1. The molecule has 1 fully saturated rings. The average molecular weight is 404 g/mol. The third kappa shape index (κ3) is 4.63. The van der Waals surface area contributed by atoms with Crippen LogP contribution in [-0.4, -0.2) is 50.9 Å². The molecule has 150 valence electrons. The average Bonchev–Trinajstić information content (AvgIpc) is 3.24. The summed E-state index contributed by atoms with van der Waals surface area (Å²) in [5, 5.41) is 2.81. The number of rotatable bonds is 6. The zero-order chi connectivity index (χ0) is 20.1. The summed E-state index contributed by atoms with van der Waals surface area (Å²) < 4.78 is 32.0. The molecule has 28 heavy (non-hydrogen) atoms. The second-order valence-corrected chi connectivity index (χ2v) is 8.80. The molecule has 1 heterocycles. The fourth-order valence-electron chi connectivity index (χ4n) is 3.09. The predicted octanol–water partition coefficient (Wildman–Crippen LogP) is 3.14. The SMILES string of the molecule is COc1ccc(CN(C)S(=O)(=O)c2ccc(NC(=O)N3CCCC3)cc2)cc1. The maximum atomic E-state index is 12.8. The van der Waals surface area contributed by atoms with Crippen molar-refractivity contribution in [3.63, 3.8) is 0 Å². The molecule has 0 unspecified atom stereocenters. The topological polar surface area (TPSA) is 79.0 Å². The number of likely N-dealkylation sites (tertiary alicyclic amines) is 1. The minimum absolute atomic E-state index is 0.148. The second-order valence-electron chi connectivity index (χ2n) is 6.76. The Kier molecular flexibility index (Phi) is 6.21. The van der Waals surface area contributed by atoms with Crippen LogP contribution in [-0.2, 0) is 16.6 Å². The van der Waals surface area contributed by atoms with E-state index in [4.69, 9.17) is 4.74 Å². The number of nitrogens with one attached hydrogen (secondary N) is 1.